The van der Waals surface area contributed by atoms with Gasteiger partial charge in [-0.2, -0.15) is 10.5 Å². The van der Waals surface area contributed by atoms with Crippen molar-refractivity contribution < 1.29 is 9.59 Å². The number of hydrogen-bond acceptors (Lipinski definition) is 4. The van der Waals surface area contributed by atoms with Crippen LogP contribution in [-0.4, -0.2) is 11.6 Å². The minimum atomic E-state index is -0.321. The van der Waals surface area contributed by atoms with Crippen molar-refractivity contribution in [2.24, 2.45) is 0 Å². The molecule has 84 valence electrons. The van der Waals surface area contributed by atoms with Gasteiger partial charge in [-0.15, -0.1) is 0 Å². The second-order valence-corrected chi connectivity index (χ2v) is 3.48. The van der Waals surface area contributed by atoms with Gasteiger partial charge in [0.05, 0.1) is 17.5 Å². The maximum absolute atomic E-state index is 11.7. The van der Waals surface area contributed by atoms with Crippen LogP contribution in [0.3, 0.4) is 0 Å². The third-order valence-electron chi connectivity index (χ3n) is 2.33. The highest BCUT2D eigenvalue weighted by Gasteiger charge is 2.12. The Morgan fingerprint density at radius 3 is 2.35 bits per heavy atom. The molecule has 0 aromatic heterocycles. The summed E-state index contributed by atoms with van der Waals surface area (Å²) >= 11 is 0. The van der Waals surface area contributed by atoms with Gasteiger partial charge in [0.2, 0.25) is 0 Å². The van der Waals surface area contributed by atoms with Gasteiger partial charge in [0.1, 0.15) is 17.9 Å². The Morgan fingerprint density at radius 2 is 1.82 bits per heavy atom. The van der Waals surface area contributed by atoms with Crippen molar-refractivity contribution in [3.63, 3.8) is 0 Å². The second-order valence-electron chi connectivity index (χ2n) is 3.48. The standard InChI is InChI=1S/C13H10N2O2/c1-2-12(16)6-13(17)9-3-4-10(7-14)11(5-9)8-15/h3-5H,2,6H2,1H3. The van der Waals surface area contributed by atoms with E-state index < -0.39 is 0 Å². The van der Waals surface area contributed by atoms with Gasteiger partial charge in [-0.25, -0.2) is 0 Å². The SMILES string of the molecule is CCC(=O)CC(=O)c1ccc(C#N)c(C#N)c1. The van der Waals surface area contributed by atoms with E-state index in [-0.39, 0.29) is 29.1 Å². The molecule has 1 rings (SSSR count). The average molecular weight is 226 g/mol. The molecule has 0 saturated carbocycles. The van der Waals surface area contributed by atoms with Gasteiger partial charge in [-0.05, 0) is 18.2 Å². The summed E-state index contributed by atoms with van der Waals surface area (Å²) in [7, 11) is 0. The number of nitriles is 2. The lowest BCUT2D eigenvalue weighted by atomic mass is 10.00. The predicted octanol–water partition coefficient (Wildman–Crippen LogP) is 1.98. The molecular formula is C13H10N2O2. The third kappa shape index (κ3) is 2.99. The van der Waals surface area contributed by atoms with Crippen LogP contribution in [0.5, 0.6) is 0 Å². The first-order valence-corrected chi connectivity index (χ1v) is 5.11. The normalized spacial score (nSPS) is 9.12. The molecule has 0 heterocycles. The van der Waals surface area contributed by atoms with Crippen molar-refractivity contribution >= 4 is 11.6 Å². The van der Waals surface area contributed by atoms with Crippen molar-refractivity contribution in [1.29, 1.82) is 10.5 Å². The van der Waals surface area contributed by atoms with Crippen LogP contribution < -0.4 is 0 Å². The fourth-order valence-electron chi connectivity index (χ4n) is 1.31. The van der Waals surface area contributed by atoms with Crippen LogP contribution in [0.4, 0.5) is 0 Å². The van der Waals surface area contributed by atoms with Crippen LogP contribution in [0.15, 0.2) is 18.2 Å². The van der Waals surface area contributed by atoms with Crippen LogP contribution in [0.2, 0.25) is 0 Å². The number of nitrogens with zero attached hydrogens (tertiary/aromatic N) is 2. The molecule has 17 heavy (non-hydrogen) atoms. The lowest BCUT2D eigenvalue weighted by Crippen LogP contribution is -2.07. The van der Waals surface area contributed by atoms with Crippen LogP contribution >= 0.6 is 0 Å². The number of rotatable bonds is 4. The molecular weight excluding hydrogens is 216 g/mol. The Bertz CT molecular complexity index is 548. The second kappa shape index (κ2) is 5.58. The largest absolute Gasteiger partial charge is 0.299 e. The highest BCUT2D eigenvalue weighted by Crippen LogP contribution is 2.12. The molecule has 0 saturated heterocycles. The van der Waals surface area contributed by atoms with Crippen LogP contribution in [-0.2, 0) is 4.79 Å². The zero-order valence-electron chi connectivity index (χ0n) is 9.36. The zero-order chi connectivity index (χ0) is 12.8. The van der Waals surface area contributed by atoms with E-state index in [9.17, 15) is 9.59 Å². The molecule has 0 spiro atoms. The Balaban J connectivity index is 3.02. The highest BCUT2D eigenvalue weighted by atomic mass is 16.1. The lowest BCUT2D eigenvalue weighted by Gasteiger charge is -2.01. The first-order valence-electron chi connectivity index (χ1n) is 5.11. The first-order chi connectivity index (χ1) is 8.12. The van der Waals surface area contributed by atoms with Crippen LogP contribution in [0.25, 0.3) is 0 Å². The highest BCUT2D eigenvalue weighted by molar-refractivity contribution is 6.08. The molecule has 0 aliphatic rings. The van der Waals surface area contributed by atoms with Gasteiger partial charge < -0.3 is 0 Å². The van der Waals surface area contributed by atoms with Crippen LogP contribution in [0, 0.1) is 22.7 Å². The fourth-order valence-corrected chi connectivity index (χ4v) is 1.31. The molecule has 0 atom stereocenters. The van der Waals surface area contributed by atoms with E-state index in [2.05, 4.69) is 0 Å². The molecule has 4 nitrogen and oxygen atoms in total. The maximum atomic E-state index is 11.7. The van der Waals surface area contributed by atoms with Gasteiger partial charge in [0, 0.05) is 12.0 Å². The van der Waals surface area contributed by atoms with E-state index in [1.165, 1.54) is 18.2 Å². The van der Waals surface area contributed by atoms with Crippen molar-refractivity contribution in [3.05, 3.63) is 34.9 Å². The van der Waals surface area contributed by atoms with Gasteiger partial charge in [-0.1, -0.05) is 6.92 Å². The van der Waals surface area contributed by atoms with Crippen LogP contribution in [0.1, 0.15) is 41.3 Å². The molecule has 1 aromatic carbocycles. The molecule has 0 N–H and O–H groups in total. The molecule has 0 aliphatic carbocycles. The Kier molecular flexibility index (Phi) is 4.14. The maximum Gasteiger partial charge on any atom is 0.170 e. The lowest BCUT2D eigenvalue weighted by molar-refractivity contribution is -0.117. The Labute approximate surface area is 99.1 Å². The molecule has 0 unspecified atom stereocenters. The van der Waals surface area contributed by atoms with Gasteiger partial charge in [-0.3, -0.25) is 9.59 Å². The molecule has 0 fully saturated rings. The summed E-state index contributed by atoms with van der Waals surface area (Å²) in [5, 5.41) is 17.5. The summed E-state index contributed by atoms with van der Waals surface area (Å²) in [6, 6.07) is 7.95. The molecule has 4 heteroatoms. The van der Waals surface area contributed by atoms with E-state index in [4.69, 9.17) is 10.5 Å². The van der Waals surface area contributed by atoms with Crippen molar-refractivity contribution in [1.82, 2.24) is 0 Å². The van der Waals surface area contributed by atoms with Gasteiger partial charge in [0.25, 0.3) is 0 Å². The monoisotopic (exact) mass is 226 g/mol. The van der Waals surface area contributed by atoms with E-state index in [1.54, 1.807) is 6.92 Å². The number of hydrogen-bond donors (Lipinski definition) is 0. The van der Waals surface area contributed by atoms with Crippen molar-refractivity contribution in [2.75, 3.05) is 0 Å². The summed E-state index contributed by atoms with van der Waals surface area (Å²) in [4.78, 5) is 22.8. The smallest absolute Gasteiger partial charge is 0.170 e. The fraction of sp³-hybridized carbons (Fsp3) is 0.231. The topological polar surface area (TPSA) is 81.7 Å². The minimum absolute atomic E-state index is 0.141. The minimum Gasteiger partial charge on any atom is -0.299 e. The van der Waals surface area contributed by atoms with Crippen molar-refractivity contribution in [3.8, 4) is 12.1 Å². The number of ketones is 2. The van der Waals surface area contributed by atoms with E-state index >= 15 is 0 Å². The van der Waals surface area contributed by atoms with E-state index in [0.717, 1.165) is 0 Å². The molecule has 1 aromatic rings. The molecule has 0 bridgehead atoms. The number of carbonyl (C=O) groups excluding carboxylic acids is 2. The molecule has 0 amide bonds. The summed E-state index contributed by atoms with van der Waals surface area (Å²) in [6.07, 6.45) is 0.153. The number of benzene rings is 1. The Hall–Kier alpha value is -2.46. The zero-order valence-corrected chi connectivity index (χ0v) is 9.36. The van der Waals surface area contributed by atoms with E-state index in [0.29, 0.717) is 12.0 Å². The average Bonchev–Trinajstić information content (AvgIpc) is 2.37. The summed E-state index contributed by atoms with van der Waals surface area (Å²) < 4.78 is 0. The Morgan fingerprint density at radius 1 is 1.18 bits per heavy atom. The summed E-state index contributed by atoms with van der Waals surface area (Å²) in [6.45, 7) is 1.69. The first kappa shape index (κ1) is 12.6. The number of carbonyl (C=O) groups is 2. The van der Waals surface area contributed by atoms with E-state index in [1.807, 2.05) is 12.1 Å². The molecule has 0 radical (unpaired) electrons. The predicted molar refractivity (Wildman–Crippen MR) is 60.1 cm³/mol. The summed E-state index contributed by atoms with van der Waals surface area (Å²) in [5.74, 6) is -0.462. The third-order valence-corrected chi connectivity index (χ3v) is 2.33. The van der Waals surface area contributed by atoms with Gasteiger partial charge >= 0.3 is 0 Å². The van der Waals surface area contributed by atoms with Gasteiger partial charge in [0.15, 0.2) is 5.78 Å². The summed E-state index contributed by atoms with van der Waals surface area (Å²) in [5.41, 5.74) is 0.676. The number of Topliss-reactive ketones (excluding diaryl/α,β-unsaturated/α-hetero) is 2. The van der Waals surface area contributed by atoms with Crippen molar-refractivity contribution in [2.45, 2.75) is 19.8 Å². The molecule has 0 aliphatic heterocycles. The quantitative estimate of drug-likeness (QED) is 0.580.